The van der Waals surface area contributed by atoms with Crippen LogP contribution in [0.5, 0.6) is 5.75 Å². The minimum Gasteiger partial charge on any atom is -0.494 e. The zero-order valence-corrected chi connectivity index (χ0v) is 11.1. The smallest absolute Gasteiger partial charge is 0.119 e. The number of thiazole rings is 1. The average Bonchev–Trinajstić information content (AvgIpc) is 2.90. The first-order valence-corrected chi connectivity index (χ1v) is 6.77. The van der Waals surface area contributed by atoms with Crippen LogP contribution in [-0.2, 0) is 6.42 Å². The Kier molecular flexibility index (Phi) is 4.69. The van der Waals surface area contributed by atoms with Gasteiger partial charge in [0.05, 0.1) is 18.2 Å². The highest BCUT2D eigenvalue weighted by Crippen LogP contribution is 2.22. The topological polar surface area (TPSA) is 60.2 Å². The number of aromatic nitrogens is 1. The van der Waals surface area contributed by atoms with Crippen molar-refractivity contribution in [3.05, 3.63) is 46.4 Å². The van der Waals surface area contributed by atoms with Crippen LogP contribution in [0.1, 0.15) is 23.4 Å². The summed E-state index contributed by atoms with van der Waals surface area (Å²) in [6, 6.07) is 8.11. The highest BCUT2D eigenvalue weighted by Gasteiger charge is 2.11. The molecule has 0 saturated heterocycles. The molecular weight excluding hydrogens is 246 g/mol. The molecule has 0 amide bonds. The third kappa shape index (κ3) is 3.29. The number of ether oxygens (including phenoxy) is 1. The van der Waals surface area contributed by atoms with Crippen molar-refractivity contribution in [2.75, 3.05) is 6.61 Å². The maximum atomic E-state index is 5.62. The van der Waals surface area contributed by atoms with E-state index in [4.69, 9.17) is 10.6 Å². The molecule has 4 nitrogen and oxygen atoms in total. The van der Waals surface area contributed by atoms with Crippen LogP contribution in [0.25, 0.3) is 0 Å². The van der Waals surface area contributed by atoms with Crippen LogP contribution < -0.4 is 16.0 Å². The summed E-state index contributed by atoms with van der Waals surface area (Å²) in [4.78, 5) is 5.29. The largest absolute Gasteiger partial charge is 0.494 e. The van der Waals surface area contributed by atoms with Crippen molar-refractivity contribution in [3.8, 4) is 5.75 Å². The summed E-state index contributed by atoms with van der Waals surface area (Å²) < 4.78 is 5.42. The summed E-state index contributed by atoms with van der Waals surface area (Å²) in [5.74, 6) is 6.51. The molecule has 0 bridgehead atoms. The van der Waals surface area contributed by atoms with E-state index in [1.807, 2.05) is 42.9 Å². The molecule has 0 fully saturated rings. The number of rotatable bonds is 6. The lowest BCUT2D eigenvalue weighted by molar-refractivity contribution is 0.340. The second-order valence-corrected chi connectivity index (χ2v) is 4.86. The molecule has 0 saturated carbocycles. The molecule has 0 aliphatic heterocycles. The Bertz CT molecular complexity index is 456. The molecule has 0 spiro atoms. The highest BCUT2D eigenvalue weighted by atomic mass is 32.1. The Morgan fingerprint density at radius 2 is 2.17 bits per heavy atom. The van der Waals surface area contributed by atoms with E-state index < -0.39 is 0 Å². The fraction of sp³-hybridized carbons (Fsp3) is 0.308. The van der Waals surface area contributed by atoms with Crippen LogP contribution in [0.3, 0.4) is 0 Å². The lowest BCUT2D eigenvalue weighted by Crippen LogP contribution is -2.29. The molecule has 0 radical (unpaired) electrons. The van der Waals surface area contributed by atoms with Gasteiger partial charge in [0, 0.05) is 17.5 Å². The van der Waals surface area contributed by atoms with E-state index in [1.54, 1.807) is 11.3 Å². The minimum absolute atomic E-state index is 0.0983. The number of hydrogen-bond donors (Lipinski definition) is 2. The minimum atomic E-state index is 0.0983. The average molecular weight is 263 g/mol. The molecular formula is C13H17N3OS. The molecule has 1 aromatic heterocycles. The summed E-state index contributed by atoms with van der Waals surface area (Å²) in [5.41, 5.74) is 5.83. The van der Waals surface area contributed by atoms with E-state index in [-0.39, 0.29) is 6.04 Å². The van der Waals surface area contributed by atoms with Crippen LogP contribution in [-0.4, -0.2) is 11.6 Å². The molecule has 1 aromatic carbocycles. The van der Waals surface area contributed by atoms with Crippen LogP contribution in [0, 0.1) is 0 Å². The third-order valence-electron chi connectivity index (χ3n) is 2.68. The van der Waals surface area contributed by atoms with Crippen molar-refractivity contribution in [2.45, 2.75) is 19.4 Å². The summed E-state index contributed by atoms with van der Waals surface area (Å²) in [6.45, 7) is 2.65. The number of nitrogens with one attached hydrogen (secondary N) is 1. The summed E-state index contributed by atoms with van der Waals surface area (Å²) in [7, 11) is 0. The van der Waals surface area contributed by atoms with Crippen molar-refractivity contribution < 1.29 is 4.74 Å². The number of benzene rings is 1. The Labute approximate surface area is 111 Å². The molecule has 1 heterocycles. The van der Waals surface area contributed by atoms with Gasteiger partial charge in [-0.25, -0.2) is 0 Å². The van der Waals surface area contributed by atoms with Gasteiger partial charge in [0.15, 0.2) is 0 Å². The summed E-state index contributed by atoms with van der Waals surface area (Å²) in [5, 5.41) is 0. The SMILES string of the molecule is CCOc1ccc(C(Cc2cncs2)NN)cc1. The van der Waals surface area contributed by atoms with Gasteiger partial charge in [-0.3, -0.25) is 16.3 Å². The van der Waals surface area contributed by atoms with Crippen LogP contribution >= 0.6 is 11.3 Å². The van der Waals surface area contributed by atoms with Crippen LogP contribution in [0.15, 0.2) is 36.0 Å². The van der Waals surface area contributed by atoms with Gasteiger partial charge in [0.25, 0.3) is 0 Å². The number of nitrogens with zero attached hydrogens (tertiary/aromatic N) is 1. The molecule has 1 unspecified atom stereocenters. The predicted octanol–water partition coefficient (Wildman–Crippen LogP) is 2.29. The van der Waals surface area contributed by atoms with Crippen LogP contribution in [0.2, 0.25) is 0 Å². The van der Waals surface area contributed by atoms with Crippen molar-refractivity contribution in [2.24, 2.45) is 5.84 Å². The van der Waals surface area contributed by atoms with Crippen molar-refractivity contribution in [1.29, 1.82) is 0 Å². The molecule has 18 heavy (non-hydrogen) atoms. The maximum Gasteiger partial charge on any atom is 0.119 e. The lowest BCUT2D eigenvalue weighted by Gasteiger charge is -2.15. The van der Waals surface area contributed by atoms with E-state index in [1.165, 1.54) is 4.88 Å². The zero-order chi connectivity index (χ0) is 12.8. The number of hydrogen-bond acceptors (Lipinski definition) is 5. The maximum absolute atomic E-state index is 5.62. The normalized spacial score (nSPS) is 12.3. The van der Waals surface area contributed by atoms with Gasteiger partial charge in [0.1, 0.15) is 5.75 Å². The standard InChI is InChI=1S/C13H17N3OS/c1-2-17-11-5-3-10(4-6-11)13(16-14)7-12-8-15-9-18-12/h3-6,8-9,13,16H,2,7,14H2,1H3. The second kappa shape index (κ2) is 6.49. The second-order valence-electron chi connectivity index (χ2n) is 3.89. The highest BCUT2D eigenvalue weighted by molar-refractivity contribution is 7.09. The Balaban J connectivity index is 2.07. The fourth-order valence-electron chi connectivity index (χ4n) is 1.78. The third-order valence-corrected chi connectivity index (χ3v) is 3.49. The van der Waals surface area contributed by atoms with E-state index in [2.05, 4.69) is 10.4 Å². The lowest BCUT2D eigenvalue weighted by atomic mass is 10.0. The quantitative estimate of drug-likeness (QED) is 0.620. The molecule has 1 atom stereocenters. The molecule has 2 rings (SSSR count). The molecule has 3 N–H and O–H groups in total. The van der Waals surface area contributed by atoms with Crippen molar-refractivity contribution >= 4 is 11.3 Å². The zero-order valence-electron chi connectivity index (χ0n) is 10.3. The van der Waals surface area contributed by atoms with Gasteiger partial charge < -0.3 is 4.74 Å². The molecule has 2 aromatic rings. The Morgan fingerprint density at radius 1 is 1.39 bits per heavy atom. The van der Waals surface area contributed by atoms with Gasteiger partial charge >= 0.3 is 0 Å². The van der Waals surface area contributed by atoms with E-state index in [9.17, 15) is 0 Å². The molecule has 0 aliphatic rings. The van der Waals surface area contributed by atoms with Gasteiger partial charge in [-0.1, -0.05) is 12.1 Å². The van der Waals surface area contributed by atoms with Gasteiger partial charge in [-0.15, -0.1) is 11.3 Å². The van der Waals surface area contributed by atoms with Crippen LogP contribution in [0.4, 0.5) is 0 Å². The van der Waals surface area contributed by atoms with E-state index in [0.717, 1.165) is 17.7 Å². The monoisotopic (exact) mass is 263 g/mol. The van der Waals surface area contributed by atoms with Gasteiger partial charge in [-0.05, 0) is 24.6 Å². The number of nitrogens with two attached hydrogens (primary N) is 1. The first-order chi connectivity index (χ1) is 8.83. The summed E-state index contributed by atoms with van der Waals surface area (Å²) in [6.07, 6.45) is 2.72. The van der Waals surface area contributed by atoms with E-state index >= 15 is 0 Å². The number of hydrazine groups is 1. The molecule has 5 heteroatoms. The van der Waals surface area contributed by atoms with Gasteiger partial charge in [0.2, 0.25) is 0 Å². The van der Waals surface area contributed by atoms with E-state index in [0.29, 0.717) is 6.61 Å². The Morgan fingerprint density at radius 3 is 2.72 bits per heavy atom. The molecule has 0 aliphatic carbocycles. The van der Waals surface area contributed by atoms with Crippen molar-refractivity contribution in [1.82, 2.24) is 10.4 Å². The Hall–Kier alpha value is -1.43. The fourth-order valence-corrected chi connectivity index (χ4v) is 2.42. The first kappa shape index (κ1) is 13.0. The molecule has 96 valence electrons. The van der Waals surface area contributed by atoms with Gasteiger partial charge in [-0.2, -0.15) is 0 Å². The first-order valence-electron chi connectivity index (χ1n) is 5.89. The van der Waals surface area contributed by atoms with Crippen molar-refractivity contribution in [3.63, 3.8) is 0 Å². The predicted molar refractivity (Wildman–Crippen MR) is 73.5 cm³/mol. The summed E-state index contributed by atoms with van der Waals surface area (Å²) >= 11 is 1.64.